The summed E-state index contributed by atoms with van der Waals surface area (Å²) in [5.74, 6) is 0.0373. The lowest BCUT2D eigenvalue weighted by atomic mass is 9.87. The monoisotopic (exact) mass is 272 g/mol. The smallest absolute Gasteiger partial charge is 0.238 e. The minimum atomic E-state index is -0.124. The Morgan fingerprint density at radius 1 is 1.30 bits per heavy atom. The molecule has 1 aromatic carbocycles. The van der Waals surface area contributed by atoms with Crippen LogP contribution in [0.2, 0.25) is 0 Å². The summed E-state index contributed by atoms with van der Waals surface area (Å²) in [6.45, 7) is 2.82. The van der Waals surface area contributed by atoms with Gasteiger partial charge in [0.05, 0.1) is 18.0 Å². The first-order valence-corrected chi connectivity index (χ1v) is 7.36. The first kappa shape index (κ1) is 13.3. The minimum absolute atomic E-state index is 0.0108. The molecule has 0 N–H and O–H groups in total. The summed E-state index contributed by atoms with van der Waals surface area (Å²) in [6, 6.07) is 10.1. The van der Waals surface area contributed by atoms with Crippen LogP contribution in [-0.2, 0) is 9.59 Å². The quantitative estimate of drug-likeness (QED) is 0.789. The lowest BCUT2D eigenvalue weighted by molar-refractivity contribution is -0.138. The fourth-order valence-corrected chi connectivity index (χ4v) is 3.62. The average molecular weight is 272 g/mol. The van der Waals surface area contributed by atoms with Crippen molar-refractivity contribution in [1.82, 2.24) is 10.0 Å². The van der Waals surface area contributed by atoms with Crippen molar-refractivity contribution >= 4 is 12.2 Å². The summed E-state index contributed by atoms with van der Waals surface area (Å²) in [6.07, 6.45) is 3.47. The van der Waals surface area contributed by atoms with Gasteiger partial charge in [0.25, 0.3) is 0 Å². The van der Waals surface area contributed by atoms with Crippen LogP contribution in [0, 0.1) is 5.92 Å². The Morgan fingerprint density at radius 2 is 2.05 bits per heavy atom. The fraction of sp³-hybridized carbons (Fsp3) is 0.500. The van der Waals surface area contributed by atoms with E-state index in [-0.39, 0.29) is 23.9 Å². The summed E-state index contributed by atoms with van der Waals surface area (Å²) in [5, 5.41) is 3.97. The zero-order chi connectivity index (χ0) is 14.1. The summed E-state index contributed by atoms with van der Waals surface area (Å²) < 4.78 is 0. The molecule has 0 radical (unpaired) electrons. The van der Waals surface area contributed by atoms with Gasteiger partial charge in [-0.2, -0.15) is 0 Å². The normalized spacial score (nSPS) is 29.8. The van der Waals surface area contributed by atoms with Gasteiger partial charge in [-0.15, -0.1) is 0 Å². The molecule has 0 aliphatic carbocycles. The van der Waals surface area contributed by atoms with Gasteiger partial charge in [0, 0.05) is 13.0 Å². The molecule has 2 aliphatic rings. The second kappa shape index (κ2) is 5.37. The molecule has 1 aromatic rings. The third-order valence-electron chi connectivity index (χ3n) is 4.41. The maximum absolute atomic E-state index is 12.1. The predicted octanol–water partition coefficient (Wildman–Crippen LogP) is 2.17. The standard InChI is InChI=1S/C16H20N2O2/c1-2-6-14-13(11-19)16(12-7-4-3-5-8-12)17-10-9-15(20)18(14)17/h3-5,7-8,11,13-14,16H,2,6,9-10H2,1H3/t13-,14-,16+/m0/s1. The van der Waals surface area contributed by atoms with Gasteiger partial charge in [-0.25, -0.2) is 5.01 Å². The SMILES string of the molecule is CCC[C@H]1[C@H](C=O)[C@@H](c2ccccc2)N2CCC(=O)N12. The lowest BCUT2D eigenvalue weighted by Gasteiger charge is -2.27. The molecule has 0 unspecified atom stereocenters. The number of rotatable bonds is 4. The van der Waals surface area contributed by atoms with E-state index in [1.54, 1.807) is 0 Å². The topological polar surface area (TPSA) is 40.6 Å². The highest BCUT2D eigenvalue weighted by atomic mass is 16.2. The maximum atomic E-state index is 12.1. The Morgan fingerprint density at radius 3 is 2.70 bits per heavy atom. The van der Waals surface area contributed by atoms with Crippen molar-refractivity contribution in [2.45, 2.75) is 38.3 Å². The molecule has 2 heterocycles. The van der Waals surface area contributed by atoms with Crippen LogP contribution >= 0.6 is 0 Å². The van der Waals surface area contributed by atoms with Gasteiger partial charge in [-0.05, 0) is 12.0 Å². The first-order chi connectivity index (χ1) is 9.77. The molecule has 4 nitrogen and oxygen atoms in total. The summed E-state index contributed by atoms with van der Waals surface area (Å²) in [5.41, 5.74) is 1.13. The van der Waals surface area contributed by atoms with Gasteiger partial charge in [-0.1, -0.05) is 43.7 Å². The first-order valence-electron chi connectivity index (χ1n) is 7.36. The van der Waals surface area contributed by atoms with E-state index in [4.69, 9.17) is 0 Å². The number of aldehydes is 1. The van der Waals surface area contributed by atoms with E-state index in [9.17, 15) is 9.59 Å². The molecule has 0 saturated carbocycles. The zero-order valence-electron chi connectivity index (χ0n) is 11.7. The summed E-state index contributed by atoms with van der Waals surface area (Å²) in [7, 11) is 0. The van der Waals surface area contributed by atoms with E-state index >= 15 is 0 Å². The second-order valence-corrected chi connectivity index (χ2v) is 5.58. The van der Waals surface area contributed by atoms with Crippen molar-refractivity contribution in [3.63, 3.8) is 0 Å². The Labute approximate surface area is 119 Å². The molecule has 0 spiro atoms. The highest BCUT2D eigenvalue weighted by Gasteiger charge is 2.52. The molecule has 2 saturated heterocycles. The third kappa shape index (κ3) is 1.95. The highest BCUT2D eigenvalue weighted by Crippen LogP contribution is 2.44. The number of benzene rings is 1. The van der Waals surface area contributed by atoms with Gasteiger partial charge < -0.3 is 4.79 Å². The molecule has 20 heavy (non-hydrogen) atoms. The van der Waals surface area contributed by atoms with Crippen molar-refractivity contribution in [3.8, 4) is 0 Å². The van der Waals surface area contributed by atoms with Gasteiger partial charge in [0.1, 0.15) is 6.29 Å². The number of fused-ring (bicyclic) bond motifs is 1. The van der Waals surface area contributed by atoms with E-state index in [1.807, 2.05) is 23.2 Å². The third-order valence-corrected chi connectivity index (χ3v) is 4.41. The van der Waals surface area contributed by atoms with Crippen LogP contribution in [0.1, 0.15) is 37.8 Å². The van der Waals surface area contributed by atoms with Gasteiger partial charge in [0.2, 0.25) is 5.91 Å². The number of carbonyl (C=O) groups is 2. The van der Waals surface area contributed by atoms with Crippen LogP contribution in [0.4, 0.5) is 0 Å². The second-order valence-electron chi connectivity index (χ2n) is 5.58. The Kier molecular flexibility index (Phi) is 3.57. The van der Waals surface area contributed by atoms with Crippen LogP contribution in [0.3, 0.4) is 0 Å². The Bertz CT molecular complexity index is 502. The number of carbonyl (C=O) groups excluding carboxylic acids is 2. The molecule has 3 rings (SSSR count). The number of hydrogen-bond donors (Lipinski definition) is 0. The van der Waals surface area contributed by atoms with Gasteiger partial charge in [-0.3, -0.25) is 9.80 Å². The Hall–Kier alpha value is -1.68. The van der Waals surface area contributed by atoms with Crippen molar-refractivity contribution in [3.05, 3.63) is 35.9 Å². The van der Waals surface area contributed by atoms with Crippen LogP contribution < -0.4 is 0 Å². The van der Waals surface area contributed by atoms with Crippen LogP contribution in [0.15, 0.2) is 30.3 Å². The van der Waals surface area contributed by atoms with Crippen molar-refractivity contribution in [2.75, 3.05) is 6.54 Å². The van der Waals surface area contributed by atoms with Crippen molar-refractivity contribution in [1.29, 1.82) is 0 Å². The van der Waals surface area contributed by atoms with Crippen LogP contribution in [0.25, 0.3) is 0 Å². The number of hydrazine groups is 1. The van der Waals surface area contributed by atoms with Crippen molar-refractivity contribution < 1.29 is 9.59 Å². The molecule has 2 aliphatic heterocycles. The number of hydrogen-bond acceptors (Lipinski definition) is 3. The summed E-state index contributed by atoms with van der Waals surface area (Å²) >= 11 is 0. The molecule has 4 heteroatoms. The molecule has 1 amide bonds. The molecule has 0 aromatic heterocycles. The van der Waals surface area contributed by atoms with Crippen LogP contribution in [0.5, 0.6) is 0 Å². The van der Waals surface area contributed by atoms with Crippen LogP contribution in [-0.4, -0.2) is 34.8 Å². The highest BCUT2D eigenvalue weighted by molar-refractivity contribution is 5.79. The molecule has 2 fully saturated rings. The fourth-order valence-electron chi connectivity index (χ4n) is 3.62. The maximum Gasteiger partial charge on any atom is 0.238 e. The van der Waals surface area contributed by atoms with Gasteiger partial charge >= 0.3 is 0 Å². The van der Waals surface area contributed by atoms with E-state index in [0.717, 1.165) is 31.2 Å². The lowest BCUT2D eigenvalue weighted by Crippen LogP contribution is -2.39. The van der Waals surface area contributed by atoms with E-state index in [2.05, 4.69) is 24.1 Å². The summed E-state index contributed by atoms with van der Waals surface area (Å²) in [4.78, 5) is 23.8. The Balaban J connectivity index is 2.00. The minimum Gasteiger partial charge on any atom is -0.303 e. The number of nitrogens with zero attached hydrogens (tertiary/aromatic N) is 2. The van der Waals surface area contributed by atoms with E-state index in [0.29, 0.717) is 6.42 Å². The van der Waals surface area contributed by atoms with Gasteiger partial charge in [0.15, 0.2) is 0 Å². The molecular weight excluding hydrogens is 252 g/mol. The predicted molar refractivity (Wildman–Crippen MR) is 75.6 cm³/mol. The van der Waals surface area contributed by atoms with E-state index < -0.39 is 0 Å². The van der Waals surface area contributed by atoms with Crippen molar-refractivity contribution in [2.24, 2.45) is 5.92 Å². The molecular formula is C16H20N2O2. The molecule has 3 atom stereocenters. The molecule has 106 valence electrons. The molecule has 0 bridgehead atoms. The largest absolute Gasteiger partial charge is 0.303 e. The van der Waals surface area contributed by atoms with E-state index in [1.165, 1.54) is 0 Å². The average Bonchev–Trinajstić information content (AvgIpc) is 2.99. The zero-order valence-corrected chi connectivity index (χ0v) is 11.7. The number of amides is 1.